The smallest absolute Gasteiger partial charge is 0.352 e. The van der Waals surface area contributed by atoms with Gasteiger partial charge in [-0.3, -0.25) is 4.68 Å². The van der Waals surface area contributed by atoms with E-state index in [9.17, 15) is 14.3 Å². The van der Waals surface area contributed by atoms with Gasteiger partial charge in [0.1, 0.15) is 23.1 Å². The Labute approximate surface area is 235 Å². The van der Waals surface area contributed by atoms with Crippen LogP contribution in [0.15, 0.2) is 48.5 Å². The molecular weight excluding hydrogens is 528 g/mol. The molecule has 0 saturated carbocycles. The van der Waals surface area contributed by atoms with Crippen LogP contribution in [0.4, 0.5) is 8.78 Å². The fourth-order valence-corrected chi connectivity index (χ4v) is 5.98. The number of rotatable bonds is 6. The second-order valence-corrected chi connectivity index (χ2v) is 10.5. The van der Waals surface area contributed by atoms with Crippen molar-refractivity contribution in [2.45, 2.75) is 45.8 Å². The van der Waals surface area contributed by atoms with Crippen molar-refractivity contribution in [3.05, 3.63) is 82.8 Å². The minimum absolute atomic E-state index is 0.177. The number of carbonyl (C=O) groups is 1. The molecule has 2 aromatic heterocycles. The van der Waals surface area contributed by atoms with Crippen LogP contribution in [0.25, 0.3) is 32.8 Å². The second kappa shape index (κ2) is 11.0. The third-order valence-electron chi connectivity index (χ3n) is 7.93. The monoisotopic (exact) mass is 559 g/mol. The van der Waals surface area contributed by atoms with Gasteiger partial charge in [-0.25, -0.2) is 13.6 Å². The van der Waals surface area contributed by atoms with E-state index in [2.05, 4.69) is 5.10 Å². The zero-order valence-electron chi connectivity index (χ0n) is 23.0. The molecule has 1 aliphatic rings. The quantitative estimate of drug-likeness (QED) is 0.232. The van der Waals surface area contributed by atoms with Crippen molar-refractivity contribution in [3.63, 3.8) is 0 Å². The molecule has 0 unspecified atom stereocenters. The van der Waals surface area contributed by atoms with Crippen LogP contribution < -0.4 is 4.74 Å². The van der Waals surface area contributed by atoms with Crippen LogP contribution in [0.3, 0.4) is 0 Å². The number of benzene rings is 3. The summed E-state index contributed by atoms with van der Waals surface area (Å²) in [4.78, 5) is 12.7. The molecule has 9 heteroatoms. The largest absolute Gasteiger partial charge is 0.493 e. The van der Waals surface area contributed by atoms with Gasteiger partial charge in [0, 0.05) is 47.8 Å². The molecule has 5 aromatic rings. The zero-order valence-corrected chi connectivity index (χ0v) is 23.0. The second-order valence-electron chi connectivity index (χ2n) is 10.5. The number of hydrogen-bond donors (Lipinski definition) is 1. The lowest BCUT2D eigenvalue weighted by Crippen LogP contribution is -2.12. The number of carboxylic acids is 1. The SMILES string of the molecule is Cc1c2c(nn1C)COCCCCn1c(C(=O)O)c(CCCOc3cccc4cc(F)ccc34)c3ccc(F)c-2c31. The van der Waals surface area contributed by atoms with E-state index in [-0.39, 0.29) is 18.1 Å². The molecule has 1 N–H and O–H groups in total. The molecule has 41 heavy (non-hydrogen) atoms. The van der Waals surface area contributed by atoms with Gasteiger partial charge in [0.2, 0.25) is 0 Å². The van der Waals surface area contributed by atoms with Crippen LogP contribution in [-0.2, 0) is 31.4 Å². The first-order valence-electron chi connectivity index (χ1n) is 13.8. The van der Waals surface area contributed by atoms with Gasteiger partial charge >= 0.3 is 5.97 Å². The normalized spacial score (nSPS) is 13.8. The van der Waals surface area contributed by atoms with Crippen molar-refractivity contribution in [3.8, 4) is 16.9 Å². The summed E-state index contributed by atoms with van der Waals surface area (Å²) in [5, 5.41) is 17.3. The van der Waals surface area contributed by atoms with E-state index >= 15 is 4.39 Å². The fraction of sp³-hybridized carbons (Fsp3) is 0.312. The number of hydrogen-bond acceptors (Lipinski definition) is 4. The molecular formula is C32H31F2N3O4. The van der Waals surface area contributed by atoms with E-state index in [1.165, 1.54) is 18.2 Å². The Bertz CT molecular complexity index is 1790. The summed E-state index contributed by atoms with van der Waals surface area (Å²) in [7, 11) is 1.81. The van der Waals surface area contributed by atoms with Crippen molar-refractivity contribution >= 4 is 27.6 Å². The average molecular weight is 560 g/mol. The minimum atomic E-state index is -1.05. The summed E-state index contributed by atoms with van der Waals surface area (Å²) in [5.41, 5.74) is 3.84. The molecule has 0 aliphatic carbocycles. The Morgan fingerprint density at radius 1 is 1.10 bits per heavy atom. The molecule has 0 atom stereocenters. The molecule has 0 radical (unpaired) electrons. The van der Waals surface area contributed by atoms with Gasteiger partial charge in [-0.1, -0.05) is 12.1 Å². The van der Waals surface area contributed by atoms with E-state index < -0.39 is 11.8 Å². The predicted octanol–water partition coefficient (Wildman–Crippen LogP) is 6.80. The van der Waals surface area contributed by atoms with Crippen LogP contribution in [0, 0.1) is 18.6 Å². The van der Waals surface area contributed by atoms with E-state index in [0.29, 0.717) is 78.1 Å². The summed E-state index contributed by atoms with van der Waals surface area (Å²) in [6, 6.07) is 13.2. The van der Waals surface area contributed by atoms with Crippen molar-refractivity contribution in [2.24, 2.45) is 7.05 Å². The maximum atomic E-state index is 15.8. The third kappa shape index (κ3) is 4.84. The van der Waals surface area contributed by atoms with Gasteiger partial charge in [-0.05, 0) is 80.0 Å². The Morgan fingerprint density at radius 2 is 1.93 bits per heavy atom. The van der Waals surface area contributed by atoms with Gasteiger partial charge in [0.05, 0.1) is 24.4 Å². The maximum Gasteiger partial charge on any atom is 0.352 e. The molecule has 7 nitrogen and oxygen atoms in total. The molecule has 6 rings (SSSR count). The summed E-state index contributed by atoms with van der Waals surface area (Å²) in [5.74, 6) is -1.14. The van der Waals surface area contributed by atoms with E-state index in [4.69, 9.17) is 9.47 Å². The minimum Gasteiger partial charge on any atom is -0.493 e. The first-order valence-corrected chi connectivity index (χ1v) is 13.8. The van der Waals surface area contributed by atoms with Crippen LogP contribution >= 0.6 is 0 Å². The van der Waals surface area contributed by atoms with Crippen LogP contribution in [0.2, 0.25) is 0 Å². The van der Waals surface area contributed by atoms with Gasteiger partial charge in [0.25, 0.3) is 0 Å². The summed E-state index contributed by atoms with van der Waals surface area (Å²) >= 11 is 0. The molecule has 3 heterocycles. The molecule has 0 bridgehead atoms. The lowest BCUT2D eigenvalue weighted by atomic mass is 9.97. The first kappa shape index (κ1) is 27.0. The van der Waals surface area contributed by atoms with E-state index in [1.807, 2.05) is 32.2 Å². The molecule has 0 spiro atoms. The number of ether oxygens (including phenoxy) is 2. The highest BCUT2D eigenvalue weighted by atomic mass is 19.1. The van der Waals surface area contributed by atoms with Crippen molar-refractivity contribution in [1.82, 2.24) is 14.3 Å². The Balaban J connectivity index is 1.41. The Morgan fingerprint density at radius 3 is 2.76 bits per heavy atom. The van der Waals surface area contributed by atoms with Crippen molar-refractivity contribution in [2.75, 3.05) is 13.2 Å². The third-order valence-corrected chi connectivity index (χ3v) is 7.93. The number of aromatic nitrogens is 3. The lowest BCUT2D eigenvalue weighted by molar-refractivity contribution is 0.0683. The summed E-state index contributed by atoms with van der Waals surface area (Å²) < 4.78 is 44.8. The number of carboxylic acid groups (broad SMARTS) is 1. The lowest BCUT2D eigenvalue weighted by Gasteiger charge is -2.12. The highest BCUT2D eigenvalue weighted by Gasteiger charge is 2.29. The molecule has 0 amide bonds. The number of halogens is 2. The highest BCUT2D eigenvalue weighted by Crippen LogP contribution is 2.40. The average Bonchev–Trinajstić information content (AvgIpc) is 3.40. The molecule has 212 valence electrons. The van der Waals surface area contributed by atoms with Crippen LogP contribution in [-0.4, -0.2) is 38.6 Å². The predicted molar refractivity (Wildman–Crippen MR) is 152 cm³/mol. The van der Waals surface area contributed by atoms with Gasteiger partial charge in [0.15, 0.2) is 0 Å². The number of aryl methyl sites for hydroxylation is 3. The Kier molecular flexibility index (Phi) is 7.21. The summed E-state index contributed by atoms with van der Waals surface area (Å²) in [6.07, 6.45) is 2.39. The highest BCUT2D eigenvalue weighted by molar-refractivity contribution is 6.04. The number of aromatic carboxylic acids is 1. The summed E-state index contributed by atoms with van der Waals surface area (Å²) in [6.45, 7) is 3.40. The van der Waals surface area contributed by atoms with Crippen LogP contribution in [0.5, 0.6) is 5.75 Å². The molecule has 1 aliphatic heterocycles. The molecule has 0 fully saturated rings. The number of nitrogens with zero attached hydrogens (tertiary/aromatic N) is 3. The topological polar surface area (TPSA) is 78.5 Å². The maximum absolute atomic E-state index is 15.8. The van der Waals surface area contributed by atoms with Crippen molar-refractivity contribution < 1.29 is 28.2 Å². The first-order chi connectivity index (χ1) is 19.8. The van der Waals surface area contributed by atoms with Crippen LogP contribution in [0.1, 0.15) is 46.7 Å². The van der Waals surface area contributed by atoms with Gasteiger partial charge < -0.3 is 19.1 Å². The zero-order chi connectivity index (χ0) is 28.7. The van der Waals surface area contributed by atoms with E-state index in [1.54, 1.807) is 21.4 Å². The van der Waals surface area contributed by atoms with Gasteiger partial charge in [-0.2, -0.15) is 5.10 Å². The Hall–Kier alpha value is -4.24. The molecule has 3 aromatic carbocycles. The standard InChI is InChI=1S/C32H31F2N3O4/c1-19-28-26(35-36(19)2)18-40-15-4-3-14-37-30-24(12-13-25(34)29(28)30)23(31(37)32(38)39)8-6-16-41-27-9-5-7-20-17-21(33)10-11-22(20)27/h5,7,9-13,17H,3-4,6,8,14-16,18H2,1-2H3,(H,38,39). The van der Waals surface area contributed by atoms with E-state index in [0.717, 1.165) is 22.9 Å². The van der Waals surface area contributed by atoms with Gasteiger partial charge in [-0.15, -0.1) is 0 Å². The molecule has 0 saturated heterocycles. The van der Waals surface area contributed by atoms with Crippen molar-refractivity contribution in [1.29, 1.82) is 0 Å². The fourth-order valence-electron chi connectivity index (χ4n) is 5.98. The number of fused-ring (bicyclic) bond motifs is 3.